The molecule has 1 aromatic rings. The Balaban J connectivity index is 2.45. The van der Waals surface area contributed by atoms with Crippen LogP contribution in [0.4, 0.5) is 10.5 Å². The van der Waals surface area contributed by atoms with Gasteiger partial charge in [-0.05, 0) is 31.5 Å². The number of benzene rings is 1. The Morgan fingerprint density at radius 3 is 2.82 bits per heavy atom. The number of rotatable bonds is 4. The van der Waals surface area contributed by atoms with E-state index in [2.05, 4.69) is 10.6 Å². The smallest absolute Gasteiger partial charge is 0.319 e. The summed E-state index contributed by atoms with van der Waals surface area (Å²) in [5.41, 5.74) is -0.266. The highest BCUT2D eigenvalue weighted by Crippen LogP contribution is 2.14. The van der Waals surface area contributed by atoms with Crippen LogP contribution >= 0.6 is 11.6 Å². The highest BCUT2D eigenvalue weighted by Gasteiger charge is 2.18. The van der Waals surface area contributed by atoms with E-state index in [0.717, 1.165) is 0 Å². The normalized spacial score (nSPS) is 13.9. The molecule has 1 atom stereocenters. The average Bonchev–Trinajstić information content (AvgIpc) is 2.27. The predicted octanol–water partition coefficient (Wildman–Crippen LogP) is 2.62. The first-order valence-electron chi connectivity index (χ1n) is 5.46. The van der Waals surface area contributed by atoms with E-state index in [1.165, 1.54) is 0 Å². The van der Waals surface area contributed by atoms with Crippen molar-refractivity contribution in [2.75, 3.05) is 11.9 Å². The number of anilines is 1. The molecule has 0 fully saturated rings. The maximum atomic E-state index is 11.5. The summed E-state index contributed by atoms with van der Waals surface area (Å²) in [5.74, 6) is 0. The molecule has 2 amide bonds. The number of carbonyl (C=O) groups excluding carboxylic acids is 1. The fourth-order valence-electron chi connectivity index (χ4n) is 1.14. The average molecular weight is 257 g/mol. The van der Waals surface area contributed by atoms with E-state index in [-0.39, 0.29) is 12.6 Å². The van der Waals surface area contributed by atoms with Gasteiger partial charge in [-0.3, -0.25) is 0 Å². The molecule has 0 saturated heterocycles. The topological polar surface area (TPSA) is 61.4 Å². The van der Waals surface area contributed by atoms with Crippen molar-refractivity contribution in [1.82, 2.24) is 5.32 Å². The van der Waals surface area contributed by atoms with E-state index in [4.69, 9.17) is 11.6 Å². The summed E-state index contributed by atoms with van der Waals surface area (Å²) in [6, 6.07) is 6.51. The number of halogens is 1. The standard InChI is InChI=1S/C12H17ClN2O2/c1-3-12(2,17)8-14-11(16)15-10-6-4-5-9(13)7-10/h4-7,17H,3,8H2,1-2H3,(H2,14,15,16)/t12-/m1/s1. The first kappa shape index (κ1) is 13.8. The van der Waals surface area contributed by atoms with Crippen LogP contribution in [-0.2, 0) is 0 Å². The minimum absolute atomic E-state index is 0.204. The summed E-state index contributed by atoms with van der Waals surface area (Å²) in [5, 5.41) is 15.5. The third kappa shape index (κ3) is 5.06. The van der Waals surface area contributed by atoms with Gasteiger partial charge in [0.1, 0.15) is 0 Å². The van der Waals surface area contributed by atoms with Crippen molar-refractivity contribution >= 4 is 23.3 Å². The molecule has 0 spiro atoms. The zero-order valence-electron chi connectivity index (χ0n) is 9.96. The van der Waals surface area contributed by atoms with Gasteiger partial charge in [-0.2, -0.15) is 0 Å². The van der Waals surface area contributed by atoms with Crippen LogP contribution < -0.4 is 10.6 Å². The lowest BCUT2D eigenvalue weighted by Gasteiger charge is -2.21. The number of urea groups is 1. The first-order chi connectivity index (χ1) is 7.93. The van der Waals surface area contributed by atoms with Crippen molar-refractivity contribution in [2.45, 2.75) is 25.9 Å². The lowest BCUT2D eigenvalue weighted by molar-refractivity contribution is 0.0587. The Kier molecular flexibility index (Phi) is 4.78. The fraction of sp³-hybridized carbons (Fsp3) is 0.417. The van der Waals surface area contributed by atoms with Crippen LogP contribution in [0.3, 0.4) is 0 Å². The lowest BCUT2D eigenvalue weighted by atomic mass is 10.0. The Morgan fingerprint density at radius 1 is 1.53 bits per heavy atom. The summed E-state index contributed by atoms with van der Waals surface area (Å²) < 4.78 is 0. The van der Waals surface area contributed by atoms with Gasteiger partial charge in [0.15, 0.2) is 0 Å². The van der Waals surface area contributed by atoms with Crippen LogP contribution in [0, 0.1) is 0 Å². The Morgan fingerprint density at radius 2 is 2.24 bits per heavy atom. The van der Waals surface area contributed by atoms with Crippen molar-refractivity contribution in [1.29, 1.82) is 0 Å². The van der Waals surface area contributed by atoms with Gasteiger partial charge in [-0.25, -0.2) is 4.79 Å². The third-order valence-corrected chi connectivity index (χ3v) is 2.71. The van der Waals surface area contributed by atoms with E-state index in [0.29, 0.717) is 17.1 Å². The first-order valence-corrected chi connectivity index (χ1v) is 5.83. The SMILES string of the molecule is CC[C@@](C)(O)CNC(=O)Nc1cccc(Cl)c1. The van der Waals surface area contributed by atoms with Gasteiger partial charge in [0.25, 0.3) is 0 Å². The van der Waals surface area contributed by atoms with Crippen LogP contribution in [0.25, 0.3) is 0 Å². The van der Waals surface area contributed by atoms with Crippen molar-refractivity contribution in [2.24, 2.45) is 0 Å². The molecule has 0 aliphatic rings. The third-order valence-electron chi connectivity index (χ3n) is 2.47. The number of carbonyl (C=O) groups is 1. The molecule has 17 heavy (non-hydrogen) atoms. The summed E-state index contributed by atoms with van der Waals surface area (Å²) in [4.78, 5) is 11.5. The van der Waals surface area contributed by atoms with E-state index >= 15 is 0 Å². The molecule has 4 nitrogen and oxygen atoms in total. The van der Waals surface area contributed by atoms with Gasteiger partial charge >= 0.3 is 6.03 Å². The van der Waals surface area contributed by atoms with Crippen molar-refractivity contribution in [3.05, 3.63) is 29.3 Å². The molecule has 0 saturated carbocycles. The monoisotopic (exact) mass is 256 g/mol. The van der Waals surface area contributed by atoms with Gasteiger partial charge in [0.05, 0.1) is 5.60 Å². The highest BCUT2D eigenvalue weighted by molar-refractivity contribution is 6.30. The van der Waals surface area contributed by atoms with Gasteiger partial charge in [-0.1, -0.05) is 24.6 Å². The molecule has 0 radical (unpaired) electrons. The van der Waals surface area contributed by atoms with E-state index < -0.39 is 5.60 Å². The lowest BCUT2D eigenvalue weighted by Crippen LogP contribution is -2.41. The Bertz CT molecular complexity index is 394. The van der Waals surface area contributed by atoms with E-state index in [1.807, 2.05) is 6.92 Å². The Hall–Kier alpha value is -1.26. The number of hydrogen-bond acceptors (Lipinski definition) is 2. The molecule has 94 valence electrons. The molecule has 1 aromatic carbocycles. The molecule has 0 unspecified atom stereocenters. The minimum atomic E-state index is -0.883. The second kappa shape index (κ2) is 5.89. The van der Waals surface area contributed by atoms with E-state index in [1.54, 1.807) is 31.2 Å². The molecule has 0 aromatic heterocycles. The maximum Gasteiger partial charge on any atom is 0.319 e. The number of nitrogens with one attached hydrogen (secondary N) is 2. The number of amides is 2. The van der Waals surface area contributed by atoms with Crippen molar-refractivity contribution < 1.29 is 9.90 Å². The van der Waals surface area contributed by atoms with Crippen molar-refractivity contribution in [3.8, 4) is 0 Å². The zero-order chi connectivity index (χ0) is 12.9. The molecule has 1 rings (SSSR count). The molecule has 0 heterocycles. The number of aliphatic hydroxyl groups is 1. The van der Waals surface area contributed by atoms with Crippen LogP contribution in [-0.4, -0.2) is 23.3 Å². The summed E-state index contributed by atoms with van der Waals surface area (Å²) in [7, 11) is 0. The largest absolute Gasteiger partial charge is 0.388 e. The highest BCUT2D eigenvalue weighted by atomic mass is 35.5. The van der Waals surface area contributed by atoms with Gasteiger partial charge in [0, 0.05) is 17.3 Å². The second-order valence-electron chi connectivity index (χ2n) is 4.17. The summed E-state index contributed by atoms with van der Waals surface area (Å²) in [6.07, 6.45) is 0.574. The molecule has 3 N–H and O–H groups in total. The summed E-state index contributed by atoms with van der Waals surface area (Å²) in [6.45, 7) is 3.74. The van der Waals surface area contributed by atoms with Crippen LogP contribution in [0.2, 0.25) is 5.02 Å². The molecule has 5 heteroatoms. The van der Waals surface area contributed by atoms with Gasteiger partial charge in [-0.15, -0.1) is 0 Å². The fourth-order valence-corrected chi connectivity index (χ4v) is 1.33. The van der Waals surface area contributed by atoms with Crippen LogP contribution in [0.15, 0.2) is 24.3 Å². The quantitative estimate of drug-likeness (QED) is 0.776. The van der Waals surface area contributed by atoms with Gasteiger partial charge < -0.3 is 15.7 Å². The molecule has 0 bridgehead atoms. The molecular formula is C12H17ClN2O2. The maximum absolute atomic E-state index is 11.5. The minimum Gasteiger partial charge on any atom is -0.388 e. The zero-order valence-corrected chi connectivity index (χ0v) is 10.7. The second-order valence-corrected chi connectivity index (χ2v) is 4.60. The van der Waals surface area contributed by atoms with Crippen LogP contribution in [0.1, 0.15) is 20.3 Å². The number of hydrogen-bond donors (Lipinski definition) is 3. The van der Waals surface area contributed by atoms with Gasteiger partial charge in [0.2, 0.25) is 0 Å². The Labute approximate surface area is 106 Å². The molecule has 0 aliphatic heterocycles. The van der Waals surface area contributed by atoms with Crippen LogP contribution in [0.5, 0.6) is 0 Å². The summed E-state index contributed by atoms with van der Waals surface area (Å²) >= 11 is 5.79. The van der Waals surface area contributed by atoms with Crippen molar-refractivity contribution in [3.63, 3.8) is 0 Å². The molecular weight excluding hydrogens is 240 g/mol. The predicted molar refractivity (Wildman–Crippen MR) is 69.4 cm³/mol. The molecule has 0 aliphatic carbocycles. The van der Waals surface area contributed by atoms with E-state index in [9.17, 15) is 9.90 Å².